The lowest BCUT2D eigenvalue weighted by molar-refractivity contribution is -0.134. The van der Waals surface area contributed by atoms with Crippen molar-refractivity contribution in [3.63, 3.8) is 0 Å². The molecule has 1 amide bonds. The summed E-state index contributed by atoms with van der Waals surface area (Å²) in [5.74, 6) is 0.106. The van der Waals surface area contributed by atoms with Crippen molar-refractivity contribution < 1.29 is 9.53 Å². The highest BCUT2D eigenvalue weighted by Gasteiger charge is 2.38. The highest BCUT2D eigenvalue weighted by atomic mass is 79.9. The molecule has 0 saturated heterocycles. The van der Waals surface area contributed by atoms with E-state index in [2.05, 4.69) is 28.2 Å². The number of alkyl halides is 1. The van der Waals surface area contributed by atoms with Crippen LogP contribution < -0.4 is 5.32 Å². The maximum absolute atomic E-state index is 11.6. The van der Waals surface area contributed by atoms with Crippen molar-refractivity contribution in [2.75, 3.05) is 13.7 Å². The molecule has 1 aliphatic rings. The van der Waals surface area contributed by atoms with Crippen LogP contribution in [0.3, 0.4) is 0 Å². The van der Waals surface area contributed by atoms with Crippen molar-refractivity contribution in [3.8, 4) is 0 Å². The Kier molecular flexibility index (Phi) is 5.06. The fourth-order valence-electron chi connectivity index (χ4n) is 1.75. The number of nitrogens with one attached hydrogen (secondary N) is 1. The Morgan fingerprint density at radius 3 is 2.67 bits per heavy atom. The lowest BCUT2D eigenvalue weighted by Crippen LogP contribution is -2.44. The first kappa shape index (κ1) is 13.0. The average molecular weight is 278 g/mol. The second-order valence-corrected chi connectivity index (χ2v) is 5.52. The molecular weight excluding hydrogens is 258 g/mol. The van der Waals surface area contributed by atoms with Gasteiger partial charge in [-0.2, -0.15) is 0 Å². The van der Waals surface area contributed by atoms with Crippen molar-refractivity contribution in [2.45, 2.75) is 49.5 Å². The van der Waals surface area contributed by atoms with Crippen molar-refractivity contribution in [2.24, 2.45) is 0 Å². The zero-order chi connectivity index (χ0) is 11.3. The van der Waals surface area contributed by atoms with E-state index in [4.69, 9.17) is 4.74 Å². The van der Waals surface area contributed by atoms with Gasteiger partial charge in [0.05, 0.1) is 12.0 Å². The fraction of sp³-hybridized carbons (Fsp3) is 0.909. The van der Waals surface area contributed by atoms with Crippen LogP contribution in [0.5, 0.6) is 0 Å². The summed E-state index contributed by atoms with van der Waals surface area (Å²) in [6, 6.07) is 0. The van der Waals surface area contributed by atoms with E-state index < -0.39 is 0 Å². The lowest BCUT2D eigenvalue weighted by Gasteiger charge is -2.39. The van der Waals surface area contributed by atoms with Crippen LogP contribution in [0.25, 0.3) is 0 Å². The Labute approximate surface area is 100 Å². The average Bonchev–Trinajstić information content (AvgIpc) is 2.20. The number of ether oxygens (including phenoxy) is 1. The quantitative estimate of drug-likeness (QED) is 0.757. The van der Waals surface area contributed by atoms with Crippen LogP contribution in [0.15, 0.2) is 0 Å². The molecule has 0 aromatic rings. The molecule has 0 radical (unpaired) electrons. The maximum Gasteiger partial charge on any atom is 0.222 e. The second-order valence-electron chi connectivity index (χ2n) is 4.23. The minimum atomic E-state index is -0.155. The molecule has 3 nitrogen and oxygen atoms in total. The van der Waals surface area contributed by atoms with E-state index in [0.717, 1.165) is 19.3 Å². The van der Waals surface area contributed by atoms with Gasteiger partial charge in [-0.1, -0.05) is 22.9 Å². The van der Waals surface area contributed by atoms with Crippen LogP contribution in [0.4, 0.5) is 0 Å². The van der Waals surface area contributed by atoms with Gasteiger partial charge in [0, 0.05) is 18.5 Å². The van der Waals surface area contributed by atoms with Crippen LogP contribution in [0, 0.1) is 0 Å². The van der Waals surface area contributed by atoms with Gasteiger partial charge in [-0.15, -0.1) is 0 Å². The van der Waals surface area contributed by atoms with E-state index >= 15 is 0 Å². The van der Waals surface area contributed by atoms with Gasteiger partial charge in [-0.25, -0.2) is 0 Å². The molecule has 1 rings (SSSR count). The molecule has 1 saturated carbocycles. The fourth-order valence-corrected chi connectivity index (χ4v) is 1.91. The molecule has 1 aliphatic carbocycles. The molecule has 0 heterocycles. The molecule has 0 aliphatic heterocycles. The standard InChI is InChI=1S/C11H20BrNO2/c1-3-9(12)8-13-10(14)7-11(15-2)5-4-6-11/h9H,3-8H2,1-2H3,(H,13,14). The predicted molar refractivity (Wildman–Crippen MR) is 64.2 cm³/mol. The molecule has 0 aromatic carbocycles. The lowest BCUT2D eigenvalue weighted by atomic mass is 9.77. The molecule has 1 N–H and O–H groups in total. The molecule has 0 aromatic heterocycles. The van der Waals surface area contributed by atoms with Gasteiger partial charge in [0.15, 0.2) is 0 Å². The highest BCUT2D eigenvalue weighted by Crippen LogP contribution is 2.37. The first-order valence-electron chi connectivity index (χ1n) is 5.58. The Morgan fingerprint density at radius 1 is 1.60 bits per heavy atom. The number of carbonyl (C=O) groups is 1. The normalized spacial score (nSPS) is 20.5. The smallest absolute Gasteiger partial charge is 0.222 e. The summed E-state index contributed by atoms with van der Waals surface area (Å²) >= 11 is 3.49. The van der Waals surface area contributed by atoms with Crippen molar-refractivity contribution in [1.82, 2.24) is 5.32 Å². The van der Waals surface area contributed by atoms with Gasteiger partial charge in [0.25, 0.3) is 0 Å². The second kappa shape index (κ2) is 5.85. The zero-order valence-electron chi connectivity index (χ0n) is 9.51. The number of rotatable bonds is 6. The van der Waals surface area contributed by atoms with Crippen LogP contribution in [0.1, 0.15) is 39.0 Å². The first-order valence-corrected chi connectivity index (χ1v) is 6.49. The Hall–Kier alpha value is -0.0900. The zero-order valence-corrected chi connectivity index (χ0v) is 11.1. The van der Waals surface area contributed by atoms with Gasteiger partial charge in [-0.3, -0.25) is 4.79 Å². The van der Waals surface area contributed by atoms with Crippen molar-refractivity contribution >= 4 is 21.8 Å². The van der Waals surface area contributed by atoms with E-state index in [9.17, 15) is 4.79 Å². The van der Waals surface area contributed by atoms with Crippen LogP contribution in [-0.4, -0.2) is 30.0 Å². The van der Waals surface area contributed by atoms with E-state index in [-0.39, 0.29) is 11.5 Å². The van der Waals surface area contributed by atoms with Crippen molar-refractivity contribution in [1.29, 1.82) is 0 Å². The molecule has 1 unspecified atom stereocenters. The molecule has 0 bridgehead atoms. The highest BCUT2D eigenvalue weighted by molar-refractivity contribution is 9.09. The molecule has 4 heteroatoms. The largest absolute Gasteiger partial charge is 0.378 e. The number of halogens is 1. The van der Waals surface area contributed by atoms with Gasteiger partial charge < -0.3 is 10.1 Å². The number of hydrogen-bond donors (Lipinski definition) is 1. The Morgan fingerprint density at radius 2 is 2.27 bits per heavy atom. The summed E-state index contributed by atoms with van der Waals surface area (Å²) in [5, 5.41) is 2.93. The van der Waals surface area contributed by atoms with Gasteiger partial charge in [0.2, 0.25) is 5.91 Å². The third-order valence-electron chi connectivity index (χ3n) is 3.14. The molecular formula is C11H20BrNO2. The van der Waals surface area contributed by atoms with Gasteiger partial charge in [0.1, 0.15) is 0 Å². The molecule has 1 fully saturated rings. The Balaban J connectivity index is 2.23. The summed E-state index contributed by atoms with van der Waals surface area (Å²) < 4.78 is 5.41. The van der Waals surface area contributed by atoms with Gasteiger partial charge in [-0.05, 0) is 25.7 Å². The minimum Gasteiger partial charge on any atom is -0.378 e. The van der Waals surface area contributed by atoms with E-state index in [1.54, 1.807) is 7.11 Å². The molecule has 0 spiro atoms. The number of carbonyl (C=O) groups excluding carboxylic acids is 1. The van der Waals surface area contributed by atoms with Crippen LogP contribution in [-0.2, 0) is 9.53 Å². The predicted octanol–water partition coefficient (Wildman–Crippen LogP) is 2.24. The van der Waals surface area contributed by atoms with Crippen molar-refractivity contribution in [3.05, 3.63) is 0 Å². The molecule has 15 heavy (non-hydrogen) atoms. The summed E-state index contributed by atoms with van der Waals surface area (Å²) in [4.78, 5) is 12.0. The third kappa shape index (κ3) is 3.76. The van der Waals surface area contributed by atoms with Gasteiger partial charge >= 0.3 is 0 Å². The van der Waals surface area contributed by atoms with Crippen LogP contribution >= 0.6 is 15.9 Å². The summed E-state index contributed by atoms with van der Waals surface area (Å²) in [6.07, 6.45) is 4.74. The topological polar surface area (TPSA) is 38.3 Å². The van der Waals surface area contributed by atoms with E-state index in [0.29, 0.717) is 17.8 Å². The summed E-state index contributed by atoms with van der Waals surface area (Å²) in [5.41, 5.74) is -0.155. The monoisotopic (exact) mass is 277 g/mol. The third-order valence-corrected chi connectivity index (χ3v) is 4.12. The van der Waals surface area contributed by atoms with E-state index in [1.807, 2.05) is 0 Å². The van der Waals surface area contributed by atoms with E-state index in [1.165, 1.54) is 6.42 Å². The maximum atomic E-state index is 11.6. The summed E-state index contributed by atoms with van der Waals surface area (Å²) in [7, 11) is 1.70. The SMILES string of the molecule is CCC(Br)CNC(=O)CC1(OC)CCC1. The number of methoxy groups -OCH3 is 1. The Bertz CT molecular complexity index is 211. The first-order chi connectivity index (χ1) is 7.12. The minimum absolute atomic E-state index is 0.106. The number of amides is 1. The number of hydrogen-bond acceptors (Lipinski definition) is 2. The van der Waals surface area contributed by atoms with Crippen LogP contribution in [0.2, 0.25) is 0 Å². The summed E-state index contributed by atoms with van der Waals surface area (Å²) in [6.45, 7) is 2.79. The molecule has 88 valence electrons. The molecule has 1 atom stereocenters.